The van der Waals surface area contributed by atoms with Crippen molar-refractivity contribution in [3.63, 3.8) is 0 Å². The van der Waals surface area contributed by atoms with Crippen LogP contribution >= 0.6 is 11.6 Å². The predicted octanol–water partition coefficient (Wildman–Crippen LogP) is 5.68. The van der Waals surface area contributed by atoms with E-state index >= 15 is 0 Å². The van der Waals surface area contributed by atoms with Gasteiger partial charge >= 0.3 is 5.97 Å². The van der Waals surface area contributed by atoms with Crippen molar-refractivity contribution in [2.45, 2.75) is 5.92 Å². The zero-order chi connectivity index (χ0) is 25.5. The van der Waals surface area contributed by atoms with E-state index in [0.29, 0.717) is 10.8 Å². The van der Waals surface area contributed by atoms with Crippen molar-refractivity contribution < 1.29 is 23.1 Å². The van der Waals surface area contributed by atoms with Gasteiger partial charge in [-0.15, -0.1) is 0 Å². The Hall–Kier alpha value is -3.81. The van der Waals surface area contributed by atoms with Gasteiger partial charge in [0.1, 0.15) is 5.75 Å². The summed E-state index contributed by atoms with van der Waals surface area (Å²) < 4.78 is 34.0. The molecule has 0 saturated heterocycles. The number of benzene rings is 4. The summed E-state index contributed by atoms with van der Waals surface area (Å²) in [4.78, 5) is 10.9. The molecule has 0 radical (unpaired) electrons. The summed E-state index contributed by atoms with van der Waals surface area (Å²) in [5, 5.41) is 11.0. The summed E-state index contributed by atoms with van der Waals surface area (Å²) in [5.74, 6) is -1.14. The van der Waals surface area contributed by atoms with E-state index in [1.807, 2.05) is 60.7 Å². The van der Waals surface area contributed by atoms with Crippen molar-refractivity contribution >= 4 is 44.4 Å². The second kappa shape index (κ2) is 11.3. The molecule has 0 bridgehead atoms. The highest BCUT2D eigenvalue weighted by Gasteiger charge is 2.22. The van der Waals surface area contributed by atoms with Crippen LogP contribution in [0.15, 0.2) is 97.2 Å². The average molecular weight is 522 g/mol. The number of hydrogen-bond donors (Lipinski definition) is 2. The number of carboxylic acids is 1. The third kappa shape index (κ3) is 6.44. The molecule has 0 aromatic heterocycles. The van der Waals surface area contributed by atoms with Gasteiger partial charge in [0.2, 0.25) is 10.0 Å². The Morgan fingerprint density at radius 3 is 2.28 bits per heavy atom. The molecule has 184 valence electrons. The molecule has 4 aromatic rings. The maximum atomic E-state index is 13.0. The average Bonchev–Trinajstić information content (AvgIpc) is 2.87. The van der Waals surface area contributed by atoms with Gasteiger partial charge in [-0.2, -0.15) is 0 Å². The molecule has 0 aliphatic heterocycles. The first-order valence-electron chi connectivity index (χ1n) is 11.2. The van der Waals surface area contributed by atoms with E-state index in [4.69, 9.17) is 21.4 Å². The second-order valence-electron chi connectivity index (χ2n) is 8.13. The number of halogens is 1. The molecule has 0 aliphatic rings. The number of ether oxygens (including phenoxy) is 1. The fourth-order valence-corrected chi connectivity index (χ4v) is 5.30. The molecule has 0 aliphatic carbocycles. The number of carbonyl (C=O) groups is 1. The molecule has 2 N–H and O–H groups in total. The van der Waals surface area contributed by atoms with Gasteiger partial charge in [0, 0.05) is 22.5 Å². The highest BCUT2D eigenvalue weighted by atomic mass is 35.5. The lowest BCUT2D eigenvalue weighted by molar-refractivity contribution is -0.139. The number of fused-ring (bicyclic) bond motifs is 1. The number of aliphatic carboxylic acids is 1. The van der Waals surface area contributed by atoms with Gasteiger partial charge in [-0.25, -0.2) is 13.2 Å². The molecule has 4 aromatic carbocycles. The van der Waals surface area contributed by atoms with Crippen molar-refractivity contribution in [1.29, 1.82) is 0 Å². The topological polar surface area (TPSA) is 92.7 Å². The Morgan fingerprint density at radius 1 is 0.889 bits per heavy atom. The minimum absolute atomic E-state index is 0.147. The molecule has 0 fully saturated rings. The Labute approximate surface area is 214 Å². The van der Waals surface area contributed by atoms with Gasteiger partial charge < -0.3 is 9.84 Å². The SMILES string of the molecule is O=C(O)COc1cccc2c(C=CNS(=O)(=O)CC(c3ccccc3)c3ccc(Cl)cc3)cccc12. The smallest absolute Gasteiger partial charge is 0.341 e. The molecule has 4 rings (SSSR count). The molecule has 0 spiro atoms. The molecule has 1 unspecified atom stereocenters. The van der Waals surface area contributed by atoms with Crippen molar-refractivity contribution in [3.05, 3.63) is 119 Å². The number of hydrogen-bond acceptors (Lipinski definition) is 4. The number of nitrogens with one attached hydrogen (secondary N) is 1. The molecule has 8 heteroatoms. The highest BCUT2D eigenvalue weighted by Crippen LogP contribution is 2.29. The van der Waals surface area contributed by atoms with Gasteiger partial charge in [0.15, 0.2) is 6.61 Å². The van der Waals surface area contributed by atoms with Crippen molar-refractivity contribution in [2.24, 2.45) is 0 Å². The van der Waals surface area contributed by atoms with Gasteiger partial charge in [0.25, 0.3) is 0 Å². The fraction of sp³-hybridized carbons (Fsp3) is 0.107. The van der Waals surface area contributed by atoms with Crippen LogP contribution in [0.25, 0.3) is 16.8 Å². The van der Waals surface area contributed by atoms with E-state index in [1.165, 1.54) is 6.20 Å². The standard InChI is InChI=1S/C28H24ClNO5S/c29-23-14-12-22(13-15-23)26(20-6-2-1-3-7-20)19-36(33,34)30-17-16-21-8-4-10-25-24(21)9-5-11-27(25)35-18-28(31)32/h1-17,26,30H,18-19H2,(H,31,32). The first kappa shape index (κ1) is 25.3. The summed E-state index contributed by atoms with van der Waals surface area (Å²) in [6.45, 7) is -0.449. The lowest BCUT2D eigenvalue weighted by atomic mass is 9.93. The van der Waals surface area contributed by atoms with E-state index in [0.717, 1.165) is 27.5 Å². The minimum Gasteiger partial charge on any atom is -0.481 e. The molecule has 0 amide bonds. The third-order valence-electron chi connectivity index (χ3n) is 5.64. The van der Waals surface area contributed by atoms with Crippen LogP contribution in [0.1, 0.15) is 22.6 Å². The van der Waals surface area contributed by atoms with E-state index < -0.39 is 22.6 Å². The molecule has 0 heterocycles. The fourth-order valence-electron chi connectivity index (χ4n) is 3.98. The number of rotatable bonds is 10. The summed E-state index contributed by atoms with van der Waals surface area (Å²) in [5.41, 5.74) is 2.49. The lowest BCUT2D eigenvalue weighted by Crippen LogP contribution is -2.25. The van der Waals surface area contributed by atoms with Crippen LogP contribution < -0.4 is 9.46 Å². The zero-order valence-corrected chi connectivity index (χ0v) is 20.7. The Balaban J connectivity index is 1.55. The van der Waals surface area contributed by atoms with E-state index in [-0.39, 0.29) is 11.7 Å². The maximum absolute atomic E-state index is 13.0. The van der Waals surface area contributed by atoms with Gasteiger partial charge in [-0.05, 0) is 46.4 Å². The molecule has 0 saturated carbocycles. The van der Waals surface area contributed by atoms with Gasteiger partial charge in [-0.1, -0.05) is 84.4 Å². The largest absolute Gasteiger partial charge is 0.481 e. The molecular formula is C28H24ClNO5S. The second-order valence-corrected chi connectivity index (χ2v) is 10.4. The molecule has 6 nitrogen and oxygen atoms in total. The minimum atomic E-state index is -3.70. The predicted molar refractivity (Wildman–Crippen MR) is 143 cm³/mol. The van der Waals surface area contributed by atoms with Crippen molar-refractivity contribution in [2.75, 3.05) is 12.4 Å². The van der Waals surface area contributed by atoms with E-state index in [1.54, 1.807) is 36.4 Å². The molecule has 36 heavy (non-hydrogen) atoms. The van der Waals surface area contributed by atoms with Crippen LogP contribution in [0, 0.1) is 0 Å². The molecule has 1 atom stereocenters. The van der Waals surface area contributed by atoms with Crippen molar-refractivity contribution in [1.82, 2.24) is 4.72 Å². The summed E-state index contributed by atoms with van der Waals surface area (Å²) in [6.07, 6.45) is 3.07. The lowest BCUT2D eigenvalue weighted by Gasteiger charge is -2.18. The van der Waals surface area contributed by atoms with E-state index in [9.17, 15) is 13.2 Å². The van der Waals surface area contributed by atoms with Gasteiger partial charge in [0.05, 0.1) is 5.75 Å². The van der Waals surface area contributed by atoms with Crippen LogP contribution in [0.4, 0.5) is 0 Å². The zero-order valence-electron chi connectivity index (χ0n) is 19.2. The van der Waals surface area contributed by atoms with Crippen molar-refractivity contribution in [3.8, 4) is 5.75 Å². The summed E-state index contributed by atoms with van der Waals surface area (Å²) in [6, 6.07) is 27.4. The Kier molecular flexibility index (Phi) is 7.93. The Morgan fingerprint density at radius 2 is 1.56 bits per heavy atom. The quantitative estimate of drug-likeness (QED) is 0.280. The molecular weight excluding hydrogens is 498 g/mol. The first-order chi connectivity index (χ1) is 17.3. The highest BCUT2D eigenvalue weighted by molar-refractivity contribution is 7.89. The Bertz CT molecular complexity index is 1490. The van der Waals surface area contributed by atoms with Crippen LogP contribution in [0.2, 0.25) is 5.02 Å². The summed E-state index contributed by atoms with van der Waals surface area (Å²) >= 11 is 6.03. The van der Waals surface area contributed by atoms with Crippen LogP contribution in [-0.4, -0.2) is 31.9 Å². The first-order valence-corrected chi connectivity index (χ1v) is 13.2. The van der Waals surface area contributed by atoms with Gasteiger partial charge in [-0.3, -0.25) is 4.72 Å². The third-order valence-corrected chi connectivity index (χ3v) is 7.16. The normalized spacial score (nSPS) is 12.5. The van der Waals surface area contributed by atoms with Crippen LogP contribution in [0.3, 0.4) is 0 Å². The summed E-state index contributed by atoms with van der Waals surface area (Å²) in [7, 11) is -3.70. The number of carboxylic acid groups (broad SMARTS) is 1. The van der Waals surface area contributed by atoms with E-state index in [2.05, 4.69) is 4.72 Å². The van der Waals surface area contributed by atoms with Crippen LogP contribution in [0.5, 0.6) is 5.75 Å². The monoisotopic (exact) mass is 521 g/mol. The maximum Gasteiger partial charge on any atom is 0.341 e. The van der Waals surface area contributed by atoms with Crippen LogP contribution in [-0.2, 0) is 14.8 Å². The number of sulfonamides is 1.